The van der Waals surface area contributed by atoms with Crippen LogP contribution >= 0.6 is 0 Å². The smallest absolute Gasteiger partial charge is 0.334 e. The summed E-state index contributed by atoms with van der Waals surface area (Å²) in [5.74, 6) is -1.29. The molecule has 1 heterocycles. The topological polar surface area (TPSA) is 101 Å². The molecule has 1 atom stereocenters. The number of hydrogen-bond donors (Lipinski definition) is 2. The van der Waals surface area contributed by atoms with Crippen molar-refractivity contribution in [3.8, 4) is 0 Å². The van der Waals surface area contributed by atoms with E-state index in [4.69, 9.17) is 10.2 Å². The molecule has 1 aromatic heterocycles. The highest BCUT2D eigenvalue weighted by Crippen LogP contribution is 1.87. The number of rotatable bonds is 3. The van der Waals surface area contributed by atoms with Gasteiger partial charge in [0, 0.05) is 0 Å². The van der Waals surface area contributed by atoms with Crippen molar-refractivity contribution in [3.63, 3.8) is 0 Å². The van der Waals surface area contributed by atoms with Crippen LogP contribution < -0.4 is 0 Å². The Bertz CT molecular complexity index is 233. The van der Waals surface area contributed by atoms with Crippen LogP contribution in [0.5, 0.6) is 0 Å². The molecule has 2 N–H and O–H groups in total. The number of nitrogens with zero attached hydrogens (tertiary/aromatic N) is 4. The second-order valence-electron chi connectivity index (χ2n) is 1.89. The number of carbonyl (C=O) groups is 1. The molecule has 0 radical (unpaired) electrons. The van der Waals surface area contributed by atoms with E-state index in [9.17, 15) is 4.79 Å². The molecule has 60 valence electrons. The van der Waals surface area contributed by atoms with Gasteiger partial charge in [-0.05, 0) is 10.4 Å². The minimum absolute atomic E-state index is 0.137. The van der Waals surface area contributed by atoms with Gasteiger partial charge in [0.2, 0.25) is 0 Å². The van der Waals surface area contributed by atoms with E-state index in [1.807, 2.05) is 0 Å². The van der Waals surface area contributed by atoms with Crippen LogP contribution in [0.4, 0.5) is 0 Å². The highest BCUT2D eigenvalue weighted by atomic mass is 16.4. The fourth-order valence-corrected chi connectivity index (χ4v) is 0.519. The van der Waals surface area contributed by atoms with Gasteiger partial charge >= 0.3 is 5.97 Å². The van der Waals surface area contributed by atoms with Crippen LogP contribution in [0.1, 0.15) is 0 Å². The van der Waals surface area contributed by atoms with Crippen LogP contribution in [0.3, 0.4) is 0 Å². The molecular formula is C4H6N4O3. The number of aromatic nitrogens is 4. The summed E-state index contributed by atoms with van der Waals surface area (Å²) < 4.78 is 1.14. The van der Waals surface area contributed by atoms with Gasteiger partial charge in [-0.1, -0.05) is 0 Å². The molecule has 0 aliphatic rings. The average Bonchev–Trinajstić information content (AvgIpc) is 2.39. The Morgan fingerprint density at radius 2 is 2.45 bits per heavy atom. The first-order valence-electron chi connectivity index (χ1n) is 2.82. The van der Waals surface area contributed by atoms with Crippen molar-refractivity contribution < 1.29 is 15.0 Å². The van der Waals surface area contributed by atoms with Crippen LogP contribution in [0.15, 0.2) is 6.33 Å². The zero-order valence-electron chi connectivity index (χ0n) is 5.45. The van der Waals surface area contributed by atoms with Gasteiger partial charge in [-0.3, -0.25) is 0 Å². The van der Waals surface area contributed by atoms with E-state index in [0.717, 1.165) is 4.68 Å². The normalized spacial score (nSPS) is 12.8. The molecule has 11 heavy (non-hydrogen) atoms. The third-order valence-corrected chi connectivity index (χ3v) is 1.04. The van der Waals surface area contributed by atoms with Crippen LogP contribution in [0, 0.1) is 0 Å². The summed E-state index contributed by atoms with van der Waals surface area (Å²) in [5, 5.41) is 26.9. The second-order valence-corrected chi connectivity index (χ2v) is 1.89. The predicted octanol–water partition coefficient (Wildman–Crippen LogP) is -1.88. The van der Waals surface area contributed by atoms with Gasteiger partial charge in [-0.25, -0.2) is 9.48 Å². The van der Waals surface area contributed by atoms with Gasteiger partial charge in [0.1, 0.15) is 6.33 Å². The average molecular weight is 158 g/mol. The quantitative estimate of drug-likeness (QED) is 0.533. The Hall–Kier alpha value is -1.50. The Morgan fingerprint density at radius 1 is 1.73 bits per heavy atom. The number of carboxylic acid groups (broad SMARTS) is 1. The zero-order valence-corrected chi connectivity index (χ0v) is 5.45. The summed E-state index contributed by atoms with van der Waals surface area (Å²) >= 11 is 0. The number of tetrazole rings is 1. The fraction of sp³-hybridized carbons (Fsp3) is 0.500. The molecule has 1 aromatic rings. The highest BCUT2D eigenvalue weighted by molar-refractivity contribution is 5.71. The van der Waals surface area contributed by atoms with Crippen molar-refractivity contribution in [1.82, 2.24) is 20.2 Å². The molecule has 1 unspecified atom stereocenters. The predicted molar refractivity (Wildman–Crippen MR) is 31.5 cm³/mol. The van der Waals surface area contributed by atoms with E-state index in [1.165, 1.54) is 6.33 Å². The van der Waals surface area contributed by atoms with Crippen molar-refractivity contribution in [2.24, 2.45) is 0 Å². The van der Waals surface area contributed by atoms with E-state index in [2.05, 4.69) is 15.5 Å². The Balaban J connectivity index is 2.50. The second kappa shape index (κ2) is 3.06. The molecule has 7 nitrogen and oxygen atoms in total. The third-order valence-electron chi connectivity index (χ3n) is 1.04. The molecule has 0 aromatic carbocycles. The van der Waals surface area contributed by atoms with E-state index in [1.54, 1.807) is 0 Å². The fourth-order valence-electron chi connectivity index (χ4n) is 0.519. The number of aliphatic hydroxyl groups is 1. The van der Waals surface area contributed by atoms with E-state index < -0.39 is 12.1 Å². The summed E-state index contributed by atoms with van der Waals surface area (Å²) in [6, 6.07) is 0. The third kappa shape index (κ3) is 1.97. The summed E-state index contributed by atoms with van der Waals surface area (Å²) in [6.07, 6.45) is -0.231. The highest BCUT2D eigenvalue weighted by Gasteiger charge is 2.13. The summed E-state index contributed by atoms with van der Waals surface area (Å²) in [4.78, 5) is 10.1. The SMILES string of the molecule is O=C(O)C(O)Cn1cnnn1. The lowest BCUT2D eigenvalue weighted by Gasteiger charge is -2.02. The minimum atomic E-state index is -1.46. The van der Waals surface area contributed by atoms with Crippen molar-refractivity contribution in [3.05, 3.63) is 6.33 Å². The molecule has 1 rings (SSSR count). The lowest BCUT2D eigenvalue weighted by molar-refractivity contribution is -0.147. The molecule has 0 amide bonds. The van der Waals surface area contributed by atoms with Crippen molar-refractivity contribution in [1.29, 1.82) is 0 Å². The van der Waals surface area contributed by atoms with Crippen molar-refractivity contribution in [2.75, 3.05) is 0 Å². The number of aliphatic carboxylic acids is 1. The molecule has 0 saturated heterocycles. The zero-order chi connectivity index (χ0) is 8.27. The van der Waals surface area contributed by atoms with Gasteiger partial charge < -0.3 is 10.2 Å². The van der Waals surface area contributed by atoms with Crippen LogP contribution in [0.2, 0.25) is 0 Å². The summed E-state index contributed by atoms with van der Waals surface area (Å²) in [6.45, 7) is -0.137. The summed E-state index contributed by atoms with van der Waals surface area (Å²) in [7, 11) is 0. The van der Waals surface area contributed by atoms with Crippen LogP contribution in [0.25, 0.3) is 0 Å². The first-order chi connectivity index (χ1) is 5.20. The largest absolute Gasteiger partial charge is 0.479 e. The Kier molecular flexibility index (Phi) is 2.12. The maximum absolute atomic E-state index is 10.1. The van der Waals surface area contributed by atoms with Crippen LogP contribution in [-0.2, 0) is 11.3 Å². The number of carboxylic acids is 1. The lowest BCUT2D eigenvalue weighted by atomic mass is 10.4. The molecule has 0 saturated carbocycles. The monoisotopic (exact) mass is 158 g/mol. The van der Waals surface area contributed by atoms with E-state index >= 15 is 0 Å². The maximum Gasteiger partial charge on any atom is 0.334 e. The molecule has 0 bridgehead atoms. The van der Waals surface area contributed by atoms with Crippen molar-refractivity contribution >= 4 is 5.97 Å². The molecule has 0 aliphatic carbocycles. The van der Waals surface area contributed by atoms with Gasteiger partial charge in [-0.2, -0.15) is 0 Å². The molecular weight excluding hydrogens is 152 g/mol. The Morgan fingerprint density at radius 3 is 2.91 bits per heavy atom. The van der Waals surface area contributed by atoms with E-state index in [-0.39, 0.29) is 6.54 Å². The lowest BCUT2D eigenvalue weighted by Crippen LogP contribution is -2.25. The standard InChI is InChI=1S/C4H6N4O3/c9-3(4(10)11)1-8-2-5-6-7-8/h2-3,9H,1H2,(H,10,11). The summed E-state index contributed by atoms with van der Waals surface area (Å²) in [5.41, 5.74) is 0. The molecule has 0 spiro atoms. The van der Waals surface area contributed by atoms with Gasteiger partial charge in [-0.15, -0.1) is 5.10 Å². The molecule has 0 aliphatic heterocycles. The van der Waals surface area contributed by atoms with Crippen LogP contribution in [-0.4, -0.2) is 42.5 Å². The first-order valence-corrected chi connectivity index (χ1v) is 2.82. The minimum Gasteiger partial charge on any atom is -0.479 e. The molecule has 7 heteroatoms. The maximum atomic E-state index is 10.1. The van der Waals surface area contributed by atoms with Gasteiger partial charge in [0.25, 0.3) is 0 Å². The number of aliphatic hydroxyl groups excluding tert-OH is 1. The number of hydrogen-bond acceptors (Lipinski definition) is 5. The van der Waals surface area contributed by atoms with Gasteiger partial charge in [0.05, 0.1) is 6.54 Å². The van der Waals surface area contributed by atoms with Crippen molar-refractivity contribution in [2.45, 2.75) is 12.6 Å². The Labute approximate surface area is 61.3 Å². The first kappa shape index (κ1) is 7.61. The molecule has 0 fully saturated rings. The van der Waals surface area contributed by atoms with E-state index in [0.29, 0.717) is 0 Å². The van der Waals surface area contributed by atoms with Gasteiger partial charge in [0.15, 0.2) is 6.10 Å².